The van der Waals surface area contributed by atoms with Crippen LogP contribution in [0.5, 0.6) is 0 Å². The van der Waals surface area contributed by atoms with Crippen molar-refractivity contribution in [2.24, 2.45) is 11.8 Å². The molecule has 106 valence electrons. The Kier molecular flexibility index (Phi) is 5.92. The Morgan fingerprint density at radius 3 is 2.16 bits per heavy atom. The molecule has 1 aromatic carbocycles. The normalized spacial score (nSPS) is 11.4. The van der Waals surface area contributed by atoms with Gasteiger partial charge in [0, 0.05) is 16.5 Å². The molecule has 0 heterocycles. The van der Waals surface area contributed by atoms with Crippen LogP contribution < -0.4 is 5.32 Å². The van der Waals surface area contributed by atoms with E-state index in [9.17, 15) is 4.79 Å². The monoisotopic (exact) mass is 279 g/mol. The average Bonchev–Trinajstić information content (AvgIpc) is 2.34. The van der Waals surface area contributed by atoms with Gasteiger partial charge in [0.05, 0.1) is 0 Å². The van der Waals surface area contributed by atoms with Crippen LogP contribution in [0, 0.1) is 18.8 Å². The van der Waals surface area contributed by atoms with Crippen LogP contribution in [0.15, 0.2) is 23.1 Å². The first-order valence-electron chi connectivity index (χ1n) is 6.82. The molecule has 0 saturated carbocycles. The number of carbonyl (C=O) groups excluding carboxylic acids is 1. The standard InChI is InChI=1S/C16H25NOS/c1-10(2)15(11(3)4)17-16(18)13-7-8-14(19-6)12(5)9-13/h7-11,15H,1-6H3,(H,17,18). The molecule has 0 aromatic heterocycles. The number of carbonyl (C=O) groups is 1. The molecule has 0 aliphatic heterocycles. The van der Waals surface area contributed by atoms with E-state index >= 15 is 0 Å². The second-order valence-corrected chi connectivity index (χ2v) is 6.52. The summed E-state index contributed by atoms with van der Waals surface area (Å²) in [6, 6.07) is 6.12. The second-order valence-electron chi connectivity index (χ2n) is 5.67. The van der Waals surface area contributed by atoms with E-state index in [0.29, 0.717) is 11.8 Å². The molecule has 0 radical (unpaired) electrons. The minimum Gasteiger partial charge on any atom is -0.349 e. The molecule has 2 nitrogen and oxygen atoms in total. The first kappa shape index (κ1) is 16.1. The van der Waals surface area contributed by atoms with E-state index in [-0.39, 0.29) is 11.9 Å². The Bertz CT molecular complexity index is 432. The zero-order valence-electron chi connectivity index (χ0n) is 12.8. The summed E-state index contributed by atoms with van der Waals surface area (Å²) in [6.07, 6.45) is 2.05. The minimum atomic E-state index is 0.0307. The quantitative estimate of drug-likeness (QED) is 0.821. The Morgan fingerprint density at radius 2 is 1.74 bits per heavy atom. The van der Waals surface area contributed by atoms with Crippen molar-refractivity contribution in [2.75, 3.05) is 6.26 Å². The maximum atomic E-state index is 12.3. The van der Waals surface area contributed by atoms with Gasteiger partial charge >= 0.3 is 0 Å². The highest BCUT2D eigenvalue weighted by Gasteiger charge is 2.20. The summed E-state index contributed by atoms with van der Waals surface area (Å²) >= 11 is 1.71. The number of amides is 1. The van der Waals surface area contributed by atoms with Crippen molar-refractivity contribution in [2.45, 2.75) is 45.6 Å². The molecule has 0 spiro atoms. The van der Waals surface area contributed by atoms with Gasteiger partial charge in [-0.15, -0.1) is 11.8 Å². The topological polar surface area (TPSA) is 29.1 Å². The van der Waals surface area contributed by atoms with Crippen LogP contribution in [0.25, 0.3) is 0 Å². The lowest BCUT2D eigenvalue weighted by molar-refractivity contribution is 0.0910. The Morgan fingerprint density at radius 1 is 1.16 bits per heavy atom. The van der Waals surface area contributed by atoms with Crippen LogP contribution in [-0.2, 0) is 0 Å². The van der Waals surface area contributed by atoms with Gasteiger partial charge in [0.25, 0.3) is 5.91 Å². The van der Waals surface area contributed by atoms with Gasteiger partial charge in [-0.25, -0.2) is 0 Å². The van der Waals surface area contributed by atoms with Crippen molar-refractivity contribution >= 4 is 17.7 Å². The number of nitrogens with one attached hydrogen (secondary N) is 1. The third-order valence-corrected chi connectivity index (χ3v) is 4.29. The highest BCUT2D eigenvalue weighted by molar-refractivity contribution is 7.98. The first-order valence-corrected chi connectivity index (χ1v) is 8.04. The number of benzene rings is 1. The molecule has 0 aliphatic carbocycles. The molecule has 1 N–H and O–H groups in total. The SMILES string of the molecule is CSc1ccc(C(=O)NC(C(C)C)C(C)C)cc1C. The molecule has 0 atom stereocenters. The predicted octanol–water partition coefficient (Wildman–Crippen LogP) is 4.13. The number of hydrogen-bond acceptors (Lipinski definition) is 2. The van der Waals surface area contributed by atoms with Gasteiger partial charge in [0.1, 0.15) is 0 Å². The van der Waals surface area contributed by atoms with Crippen molar-refractivity contribution < 1.29 is 4.79 Å². The van der Waals surface area contributed by atoms with Gasteiger partial charge in [-0.05, 0) is 48.8 Å². The molecule has 1 rings (SSSR count). The molecule has 3 heteroatoms. The fraction of sp³-hybridized carbons (Fsp3) is 0.562. The molecule has 0 aliphatic rings. The highest BCUT2D eigenvalue weighted by atomic mass is 32.2. The van der Waals surface area contributed by atoms with Crippen LogP contribution in [0.1, 0.15) is 43.6 Å². The van der Waals surface area contributed by atoms with Crippen LogP contribution in [-0.4, -0.2) is 18.2 Å². The van der Waals surface area contributed by atoms with E-state index in [4.69, 9.17) is 0 Å². The summed E-state index contributed by atoms with van der Waals surface area (Å²) in [7, 11) is 0. The van der Waals surface area contributed by atoms with E-state index < -0.39 is 0 Å². The number of rotatable bonds is 5. The summed E-state index contributed by atoms with van der Waals surface area (Å²) < 4.78 is 0. The van der Waals surface area contributed by atoms with E-state index in [1.54, 1.807) is 11.8 Å². The zero-order chi connectivity index (χ0) is 14.6. The molecule has 0 unspecified atom stereocenters. The number of thioether (sulfide) groups is 1. The van der Waals surface area contributed by atoms with Crippen molar-refractivity contribution in [1.29, 1.82) is 0 Å². The summed E-state index contributed by atoms with van der Waals surface area (Å²) in [5, 5.41) is 3.15. The minimum absolute atomic E-state index is 0.0307. The Labute approximate surface area is 121 Å². The van der Waals surface area contributed by atoms with Crippen LogP contribution in [0.3, 0.4) is 0 Å². The summed E-state index contributed by atoms with van der Waals surface area (Å²) in [6.45, 7) is 10.6. The molecule has 1 amide bonds. The molecule has 0 fully saturated rings. The smallest absolute Gasteiger partial charge is 0.251 e. The maximum absolute atomic E-state index is 12.3. The molecular weight excluding hydrogens is 254 g/mol. The molecule has 0 bridgehead atoms. The lowest BCUT2D eigenvalue weighted by Crippen LogP contribution is -2.42. The Balaban J connectivity index is 2.86. The molecular formula is C16H25NOS. The summed E-state index contributed by atoms with van der Waals surface area (Å²) in [5.74, 6) is 0.911. The van der Waals surface area contributed by atoms with Gasteiger partial charge in [0.15, 0.2) is 0 Å². The predicted molar refractivity (Wildman–Crippen MR) is 83.9 cm³/mol. The van der Waals surface area contributed by atoms with Gasteiger partial charge in [-0.3, -0.25) is 4.79 Å². The van der Waals surface area contributed by atoms with E-state index in [0.717, 1.165) is 11.1 Å². The van der Waals surface area contributed by atoms with E-state index in [1.165, 1.54) is 4.90 Å². The van der Waals surface area contributed by atoms with E-state index in [1.807, 2.05) is 25.1 Å². The van der Waals surface area contributed by atoms with Crippen molar-refractivity contribution in [1.82, 2.24) is 5.32 Å². The third-order valence-electron chi connectivity index (χ3n) is 3.39. The lowest BCUT2D eigenvalue weighted by atomic mass is 9.93. The van der Waals surface area contributed by atoms with Gasteiger partial charge < -0.3 is 5.32 Å². The first-order chi connectivity index (χ1) is 8.86. The fourth-order valence-corrected chi connectivity index (χ4v) is 2.94. The second kappa shape index (κ2) is 6.99. The van der Waals surface area contributed by atoms with E-state index in [2.05, 4.69) is 39.3 Å². The summed E-state index contributed by atoms with van der Waals surface area (Å²) in [5.41, 5.74) is 1.91. The Hall–Kier alpha value is -0.960. The van der Waals surface area contributed by atoms with Crippen molar-refractivity contribution in [3.8, 4) is 0 Å². The largest absolute Gasteiger partial charge is 0.349 e. The molecule has 1 aromatic rings. The lowest BCUT2D eigenvalue weighted by Gasteiger charge is -2.26. The molecule has 19 heavy (non-hydrogen) atoms. The van der Waals surface area contributed by atoms with Crippen molar-refractivity contribution in [3.63, 3.8) is 0 Å². The number of hydrogen-bond donors (Lipinski definition) is 1. The summed E-state index contributed by atoms with van der Waals surface area (Å²) in [4.78, 5) is 13.5. The van der Waals surface area contributed by atoms with Gasteiger partial charge in [0.2, 0.25) is 0 Å². The van der Waals surface area contributed by atoms with Crippen molar-refractivity contribution in [3.05, 3.63) is 29.3 Å². The number of aryl methyl sites for hydroxylation is 1. The molecule has 0 saturated heterocycles. The maximum Gasteiger partial charge on any atom is 0.251 e. The van der Waals surface area contributed by atoms with Crippen LogP contribution in [0.2, 0.25) is 0 Å². The fourth-order valence-electron chi connectivity index (χ4n) is 2.36. The third kappa shape index (κ3) is 4.27. The van der Waals surface area contributed by atoms with Crippen LogP contribution >= 0.6 is 11.8 Å². The highest BCUT2D eigenvalue weighted by Crippen LogP contribution is 2.21. The average molecular weight is 279 g/mol. The van der Waals surface area contributed by atoms with Gasteiger partial charge in [-0.1, -0.05) is 27.7 Å². The zero-order valence-corrected chi connectivity index (χ0v) is 13.6. The van der Waals surface area contributed by atoms with Crippen LogP contribution in [0.4, 0.5) is 0 Å². The van der Waals surface area contributed by atoms with Gasteiger partial charge in [-0.2, -0.15) is 0 Å².